The summed E-state index contributed by atoms with van der Waals surface area (Å²) in [6, 6.07) is 17.3. The van der Waals surface area contributed by atoms with Crippen molar-refractivity contribution in [3.05, 3.63) is 86.1 Å². The van der Waals surface area contributed by atoms with Crippen LogP contribution >= 0.6 is 31.9 Å². The number of carbonyl (C=O) groups excluding carboxylic acids is 1. The predicted molar refractivity (Wildman–Crippen MR) is 164 cm³/mol. The molecule has 0 bridgehead atoms. The first-order chi connectivity index (χ1) is 19.7. The number of para-hydroxylation sites is 1. The zero-order valence-corrected chi connectivity index (χ0v) is 26.0. The zero-order valence-electron chi connectivity index (χ0n) is 22.8. The van der Waals surface area contributed by atoms with Crippen molar-refractivity contribution in [2.45, 2.75) is 52.2 Å². The summed E-state index contributed by atoms with van der Waals surface area (Å²) >= 11 is 7.37. The summed E-state index contributed by atoms with van der Waals surface area (Å²) in [5.74, 6) is 2.75. The molecule has 1 aliphatic rings. The summed E-state index contributed by atoms with van der Waals surface area (Å²) in [5.41, 5.74) is 9.81. The van der Waals surface area contributed by atoms with E-state index in [0.29, 0.717) is 29.0 Å². The fourth-order valence-corrected chi connectivity index (χ4v) is 6.20. The maximum absolute atomic E-state index is 11.5. The van der Waals surface area contributed by atoms with Gasteiger partial charge in [0.1, 0.15) is 24.2 Å². The van der Waals surface area contributed by atoms with Crippen LogP contribution in [-0.2, 0) is 22.6 Å². The normalized spacial score (nSPS) is 14.0. The molecular weight excluding hydrogens is 654 g/mol. The first-order valence-corrected chi connectivity index (χ1v) is 14.7. The van der Waals surface area contributed by atoms with E-state index >= 15 is 0 Å². The van der Waals surface area contributed by atoms with Gasteiger partial charge in [-0.25, -0.2) is 0 Å². The van der Waals surface area contributed by atoms with E-state index in [1.54, 1.807) is 0 Å². The monoisotopic (exact) mass is 681 g/mol. The van der Waals surface area contributed by atoms with Crippen LogP contribution in [-0.4, -0.2) is 20.9 Å². The number of nitrogens with two attached hydrogens (primary N) is 1. The predicted octanol–water partition coefficient (Wildman–Crippen LogP) is 7.77. The molecule has 1 unspecified atom stereocenters. The summed E-state index contributed by atoms with van der Waals surface area (Å²) < 4.78 is 19.6. The maximum atomic E-state index is 11.5. The van der Waals surface area contributed by atoms with E-state index in [2.05, 4.69) is 66.0 Å². The fraction of sp³-hybridized carbons (Fsp3) is 0.267. The number of aromatic nitrogens is 3. The van der Waals surface area contributed by atoms with Crippen molar-refractivity contribution in [3.8, 4) is 17.2 Å². The van der Waals surface area contributed by atoms with E-state index < -0.39 is 0 Å². The highest BCUT2D eigenvalue weighted by atomic mass is 79.9. The van der Waals surface area contributed by atoms with Gasteiger partial charge in [0.2, 0.25) is 11.9 Å². The van der Waals surface area contributed by atoms with Gasteiger partial charge in [-0.1, -0.05) is 32.0 Å². The van der Waals surface area contributed by atoms with Gasteiger partial charge in [-0.2, -0.15) is 15.0 Å². The van der Waals surface area contributed by atoms with E-state index in [1.165, 1.54) is 6.92 Å². The highest BCUT2D eigenvalue weighted by Crippen LogP contribution is 2.47. The van der Waals surface area contributed by atoms with Crippen LogP contribution in [0.15, 0.2) is 63.5 Å². The number of anilines is 3. The third-order valence-corrected chi connectivity index (χ3v) is 7.96. The van der Waals surface area contributed by atoms with Crippen LogP contribution < -0.4 is 20.5 Å². The lowest BCUT2D eigenvalue weighted by Gasteiger charge is -2.18. The molecule has 1 atom stereocenters. The number of nitrogens with zero attached hydrogens (tertiary/aromatic N) is 3. The Kier molecular flexibility index (Phi) is 8.74. The minimum atomic E-state index is -0.290. The number of halogens is 2. The number of carbonyl (C=O) groups is 1. The SMILES string of the molecule is CC(=O)OC1CCc2c1cc(Br)c(Oc1ccc(OCc3nc(N)nc(Nc4ccccc4)n3)c(C(C)C)c1)c2Br. The molecule has 0 saturated heterocycles. The summed E-state index contributed by atoms with van der Waals surface area (Å²) in [4.78, 5) is 24.4. The second-order valence-electron chi connectivity index (χ2n) is 9.88. The minimum absolute atomic E-state index is 0.106. The molecule has 9 nitrogen and oxygen atoms in total. The van der Waals surface area contributed by atoms with Crippen LogP contribution in [0.3, 0.4) is 0 Å². The maximum Gasteiger partial charge on any atom is 0.303 e. The molecular formula is C30H29Br2N5O4. The molecule has 0 saturated carbocycles. The van der Waals surface area contributed by atoms with Gasteiger partial charge in [-0.15, -0.1) is 0 Å². The summed E-state index contributed by atoms with van der Waals surface area (Å²) in [6.45, 7) is 5.72. The third-order valence-electron chi connectivity index (χ3n) is 6.53. The highest BCUT2D eigenvalue weighted by molar-refractivity contribution is 9.11. The molecule has 1 aliphatic carbocycles. The number of rotatable bonds is 9. The average molecular weight is 683 g/mol. The van der Waals surface area contributed by atoms with E-state index in [0.717, 1.165) is 44.2 Å². The number of nitrogens with one attached hydrogen (secondary N) is 1. The smallest absolute Gasteiger partial charge is 0.303 e. The molecule has 1 heterocycles. The Balaban J connectivity index is 1.33. The molecule has 4 aromatic rings. The number of hydrogen-bond donors (Lipinski definition) is 2. The first-order valence-electron chi connectivity index (χ1n) is 13.1. The highest BCUT2D eigenvalue weighted by Gasteiger charge is 2.30. The van der Waals surface area contributed by atoms with Crippen molar-refractivity contribution >= 4 is 55.4 Å². The molecule has 0 fully saturated rings. The zero-order chi connectivity index (χ0) is 29.1. The van der Waals surface area contributed by atoms with Crippen molar-refractivity contribution < 1.29 is 19.0 Å². The Morgan fingerprint density at radius 2 is 1.88 bits per heavy atom. The topological polar surface area (TPSA) is 121 Å². The molecule has 1 aromatic heterocycles. The molecule has 0 aliphatic heterocycles. The van der Waals surface area contributed by atoms with Gasteiger partial charge in [0, 0.05) is 18.2 Å². The van der Waals surface area contributed by atoms with Gasteiger partial charge in [-0.05, 0) is 98.1 Å². The molecule has 11 heteroatoms. The third kappa shape index (κ3) is 6.79. The van der Waals surface area contributed by atoms with Crippen LogP contribution in [0.25, 0.3) is 0 Å². The number of hydrogen-bond acceptors (Lipinski definition) is 9. The van der Waals surface area contributed by atoms with Gasteiger partial charge < -0.3 is 25.3 Å². The van der Waals surface area contributed by atoms with E-state index in [-0.39, 0.29) is 30.5 Å². The number of nitrogen functional groups attached to an aromatic ring is 1. The summed E-state index contributed by atoms with van der Waals surface area (Å²) in [7, 11) is 0. The number of fused-ring (bicyclic) bond motifs is 1. The lowest BCUT2D eigenvalue weighted by atomic mass is 10.0. The number of ether oxygens (including phenoxy) is 3. The second kappa shape index (κ2) is 12.4. The van der Waals surface area contributed by atoms with Gasteiger partial charge in [-0.3, -0.25) is 4.79 Å². The first kappa shape index (κ1) is 28.8. The Bertz CT molecular complexity index is 1580. The van der Waals surface area contributed by atoms with Gasteiger partial charge in [0.15, 0.2) is 11.6 Å². The quantitative estimate of drug-likeness (QED) is 0.171. The van der Waals surface area contributed by atoms with Crippen molar-refractivity contribution in [3.63, 3.8) is 0 Å². The van der Waals surface area contributed by atoms with Crippen LogP contribution in [0.5, 0.6) is 17.2 Å². The van der Waals surface area contributed by atoms with Gasteiger partial charge in [0.25, 0.3) is 0 Å². The Morgan fingerprint density at radius 1 is 1.10 bits per heavy atom. The Morgan fingerprint density at radius 3 is 2.61 bits per heavy atom. The lowest BCUT2D eigenvalue weighted by Crippen LogP contribution is -2.10. The van der Waals surface area contributed by atoms with Crippen LogP contribution in [0.4, 0.5) is 17.6 Å². The standard InChI is InChI=1S/C30H29Br2N5O4/c1-16(2)21-13-19(41-28-23(31)14-22-20(27(28)32)10-12-25(22)40-17(3)38)9-11-24(21)39-15-26-35-29(33)37-30(36-26)34-18-7-5-4-6-8-18/h4-9,11,13-14,16,25H,10,12,15H2,1-3H3,(H3,33,34,35,36,37). The van der Waals surface area contributed by atoms with E-state index in [9.17, 15) is 4.79 Å². The average Bonchev–Trinajstić information content (AvgIpc) is 3.32. The molecule has 212 valence electrons. The van der Waals surface area contributed by atoms with Gasteiger partial charge >= 0.3 is 5.97 Å². The number of esters is 1. The van der Waals surface area contributed by atoms with Crippen molar-refractivity contribution in [1.82, 2.24) is 15.0 Å². The molecule has 3 N–H and O–H groups in total. The fourth-order valence-electron chi connectivity index (χ4n) is 4.69. The number of benzene rings is 3. The molecule has 3 aromatic carbocycles. The van der Waals surface area contributed by atoms with Crippen molar-refractivity contribution in [2.24, 2.45) is 0 Å². The molecule has 0 amide bonds. The summed E-state index contributed by atoms with van der Waals surface area (Å²) in [6.07, 6.45) is 1.27. The van der Waals surface area contributed by atoms with Crippen molar-refractivity contribution in [2.75, 3.05) is 11.1 Å². The lowest BCUT2D eigenvalue weighted by molar-refractivity contribution is -0.146. The van der Waals surface area contributed by atoms with E-state index in [4.69, 9.17) is 19.9 Å². The Labute approximate surface area is 255 Å². The van der Waals surface area contributed by atoms with Crippen LogP contribution in [0.2, 0.25) is 0 Å². The minimum Gasteiger partial charge on any atom is -0.485 e. The second-order valence-corrected chi connectivity index (χ2v) is 11.5. The molecule has 0 spiro atoms. The van der Waals surface area contributed by atoms with Crippen LogP contribution in [0, 0.1) is 0 Å². The molecule has 41 heavy (non-hydrogen) atoms. The van der Waals surface area contributed by atoms with Crippen molar-refractivity contribution in [1.29, 1.82) is 0 Å². The van der Waals surface area contributed by atoms with Gasteiger partial charge in [0.05, 0.1) is 8.95 Å². The van der Waals surface area contributed by atoms with Crippen LogP contribution in [0.1, 0.15) is 61.7 Å². The largest absolute Gasteiger partial charge is 0.485 e. The summed E-state index contributed by atoms with van der Waals surface area (Å²) in [5, 5.41) is 3.13. The van der Waals surface area contributed by atoms with E-state index in [1.807, 2.05) is 54.6 Å². The molecule has 5 rings (SSSR count). The molecule has 0 radical (unpaired) electrons. The Hall–Kier alpha value is -3.70.